The maximum atomic E-state index is 13.1. The number of aromatic amines is 1. The minimum absolute atomic E-state index is 0.0717. The van der Waals surface area contributed by atoms with Crippen LogP contribution in [0.25, 0.3) is 11.3 Å². The molecule has 1 aromatic heterocycles. The van der Waals surface area contributed by atoms with Crippen LogP contribution in [0.15, 0.2) is 48.5 Å². The van der Waals surface area contributed by atoms with E-state index < -0.39 is 0 Å². The Morgan fingerprint density at radius 2 is 2.04 bits per heavy atom. The van der Waals surface area contributed by atoms with Crippen molar-refractivity contribution < 1.29 is 9.90 Å². The van der Waals surface area contributed by atoms with Gasteiger partial charge in [0, 0.05) is 22.7 Å². The maximum absolute atomic E-state index is 13.1. The molecule has 2 aromatic carbocycles. The normalized spacial score (nSPS) is 16.0. The zero-order chi connectivity index (χ0) is 19.0. The molecule has 1 atom stereocenters. The lowest BCUT2D eigenvalue weighted by atomic mass is 9.95. The van der Waals surface area contributed by atoms with Gasteiger partial charge in [-0.1, -0.05) is 49.2 Å². The third-order valence-electron chi connectivity index (χ3n) is 4.94. The number of carbonyl (C=O) groups is 1. The summed E-state index contributed by atoms with van der Waals surface area (Å²) in [5.41, 5.74) is 3.41. The number of nitrogens with one attached hydrogen (secondary N) is 1. The number of nitrogens with zero attached hydrogens (tertiary/aromatic N) is 2. The number of hydrogen-bond acceptors (Lipinski definition) is 3. The second-order valence-electron chi connectivity index (χ2n) is 6.69. The fourth-order valence-electron chi connectivity index (χ4n) is 3.66. The number of halogens is 1. The van der Waals surface area contributed by atoms with Crippen molar-refractivity contribution in [3.8, 4) is 17.0 Å². The van der Waals surface area contributed by atoms with Crippen molar-refractivity contribution >= 4 is 17.5 Å². The summed E-state index contributed by atoms with van der Waals surface area (Å²) in [5, 5.41) is 18.2. The lowest BCUT2D eigenvalue weighted by Crippen LogP contribution is -2.30. The molecule has 6 heteroatoms. The largest absolute Gasteiger partial charge is 0.507 e. The first kappa shape index (κ1) is 17.6. The van der Waals surface area contributed by atoms with Crippen LogP contribution in [0.1, 0.15) is 47.4 Å². The highest BCUT2D eigenvalue weighted by Crippen LogP contribution is 2.44. The number of para-hydroxylation sites is 1. The Labute approximate surface area is 162 Å². The molecule has 0 fully saturated rings. The zero-order valence-electron chi connectivity index (χ0n) is 14.9. The Morgan fingerprint density at radius 3 is 2.78 bits per heavy atom. The van der Waals surface area contributed by atoms with E-state index in [0.29, 0.717) is 28.5 Å². The van der Waals surface area contributed by atoms with Crippen LogP contribution in [0.2, 0.25) is 5.02 Å². The van der Waals surface area contributed by atoms with E-state index >= 15 is 0 Å². The predicted octanol–water partition coefficient (Wildman–Crippen LogP) is 4.78. The van der Waals surface area contributed by atoms with Crippen molar-refractivity contribution in [2.45, 2.75) is 25.8 Å². The van der Waals surface area contributed by atoms with Crippen LogP contribution < -0.4 is 0 Å². The van der Waals surface area contributed by atoms with E-state index in [1.54, 1.807) is 18.2 Å². The standard InChI is InChI=1S/C21H20ClN3O2/c1-2-3-11-25-20(13-7-6-8-14(22)12-13)17-18(23-24-19(17)21(25)27)15-9-4-5-10-16(15)26/h4-10,12,20,26H,2-3,11H2,1H3,(H,23,24)/t20-/m0/s1. The number of benzene rings is 2. The van der Waals surface area contributed by atoms with Gasteiger partial charge in [-0.05, 0) is 36.2 Å². The number of amides is 1. The molecule has 4 rings (SSSR count). The number of rotatable bonds is 5. The maximum Gasteiger partial charge on any atom is 0.273 e. The Morgan fingerprint density at radius 1 is 1.22 bits per heavy atom. The van der Waals surface area contributed by atoms with Crippen LogP contribution in [0.4, 0.5) is 0 Å². The molecule has 1 amide bonds. The van der Waals surface area contributed by atoms with Crippen molar-refractivity contribution in [1.82, 2.24) is 15.1 Å². The van der Waals surface area contributed by atoms with Gasteiger partial charge in [0.1, 0.15) is 17.1 Å². The number of H-pyrrole nitrogens is 1. The summed E-state index contributed by atoms with van der Waals surface area (Å²) in [7, 11) is 0. The first-order valence-corrected chi connectivity index (χ1v) is 9.42. The SMILES string of the molecule is CCCCN1C(=O)c2[nH]nc(-c3ccccc3O)c2[C@@H]1c1cccc(Cl)c1. The van der Waals surface area contributed by atoms with E-state index in [2.05, 4.69) is 17.1 Å². The monoisotopic (exact) mass is 381 g/mol. The number of carbonyl (C=O) groups excluding carboxylic acids is 1. The van der Waals surface area contributed by atoms with Crippen molar-refractivity contribution in [3.63, 3.8) is 0 Å². The van der Waals surface area contributed by atoms with Gasteiger partial charge in [0.15, 0.2) is 0 Å². The molecule has 5 nitrogen and oxygen atoms in total. The van der Waals surface area contributed by atoms with Gasteiger partial charge in [0.05, 0.1) is 6.04 Å². The molecular weight excluding hydrogens is 362 g/mol. The van der Waals surface area contributed by atoms with Gasteiger partial charge in [-0.15, -0.1) is 0 Å². The summed E-state index contributed by atoms with van der Waals surface area (Å²) in [6.45, 7) is 2.75. The van der Waals surface area contributed by atoms with Crippen LogP contribution in [0.3, 0.4) is 0 Å². The molecule has 27 heavy (non-hydrogen) atoms. The van der Waals surface area contributed by atoms with Crippen LogP contribution in [-0.4, -0.2) is 32.7 Å². The van der Waals surface area contributed by atoms with E-state index in [1.807, 2.05) is 35.2 Å². The van der Waals surface area contributed by atoms with Crippen LogP contribution in [0, 0.1) is 0 Å². The summed E-state index contributed by atoms with van der Waals surface area (Å²) in [6.07, 6.45) is 1.90. The summed E-state index contributed by atoms with van der Waals surface area (Å²) in [6, 6.07) is 14.3. The molecule has 1 aliphatic rings. The lowest BCUT2D eigenvalue weighted by Gasteiger charge is -2.26. The van der Waals surface area contributed by atoms with Gasteiger partial charge in [0.25, 0.3) is 5.91 Å². The quantitative estimate of drug-likeness (QED) is 0.668. The van der Waals surface area contributed by atoms with Gasteiger partial charge in [0.2, 0.25) is 0 Å². The summed E-state index contributed by atoms with van der Waals surface area (Å²) in [4.78, 5) is 14.9. The molecule has 0 saturated carbocycles. The topological polar surface area (TPSA) is 69.2 Å². The first-order valence-electron chi connectivity index (χ1n) is 9.05. The molecule has 0 radical (unpaired) electrons. The van der Waals surface area contributed by atoms with Gasteiger partial charge in [-0.25, -0.2) is 0 Å². The van der Waals surface area contributed by atoms with Gasteiger partial charge in [-0.2, -0.15) is 5.10 Å². The number of hydrogen-bond donors (Lipinski definition) is 2. The fraction of sp³-hybridized carbons (Fsp3) is 0.238. The lowest BCUT2D eigenvalue weighted by molar-refractivity contribution is 0.0741. The molecule has 0 bridgehead atoms. The molecule has 0 unspecified atom stereocenters. The molecule has 0 saturated heterocycles. The zero-order valence-corrected chi connectivity index (χ0v) is 15.7. The smallest absolute Gasteiger partial charge is 0.273 e. The number of unbranched alkanes of at least 4 members (excludes halogenated alkanes) is 1. The number of fused-ring (bicyclic) bond motifs is 1. The highest BCUT2D eigenvalue weighted by molar-refractivity contribution is 6.30. The summed E-state index contributed by atoms with van der Waals surface area (Å²) < 4.78 is 0. The molecule has 3 aromatic rings. The summed E-state index contributed by atoms with van der Waals surface area (Å²) in [5.74, 6) is 0.0636. The van der Waals surface area contributed by atoms with E-state index in [1.165, 1.54) is 0 Å². The molecular formula is C21H20ClN3O2. The Kier molecular flexibility index (Phi) is 4.62. The summed E-state index contributed by atoms with van der Waals surface area (Å²) >= 11 is 6.23. The first-order chi connectivity index (χ1) is 13.1. The van der Waals surface area contributed by atoms with Crippen LogP contribution in [0.5, 0.6) is 5.75 Å². The molecule has 2 heterocycles. The van der Waals surface area contributed by atoms with Gasteiger partial charge in [-0.3, -0.25) is 9.89 Å². The second-order valence-corrected chi connectivity index (χ2v) is 7.12. The van der Waals surface area contributed by atoms with Crippen molar-refractivity contribution in [2.75, 3.05) is 6.54 Å². The van der Waals surface area contributed by atoms with E-state index in [0.717, 1.165) is 24.0 Å². The number of aromatic hydroxyl groups is 1. The van der Waals surface area contributed by atoms with E-state index in [4.69, 9.17) is 11.6 Å². The third-order valence-corrected chi connectivity index (χ3v) is 5.18. The predicted molar refractivity (Wildman–Crippen MR) is 105 cm³/mol. The number of phenolic OH excluding ortho intramolecular Hbond substituents is 1. The second kappa shape index (κ2) is 7.08. The van der Waals surface area contributed by atoms with Crippen molar-refractivity contribution in [2.24, 2.45) is 0 Å². The highest BCUT2D eigenvalue weighted by Gasteiger charge is 2.42. The molecule has 1 aliphatic heterocycles. The van der Waals surface area contributed by atoms with Crippen LogP contribution >= 0.6 is 11.6 Å². The fourth-order valence-corrected chi connectivity index (χ4v) is 3.86. The van der Waals surface area contributed by atoms with E-state index in [-0.39, 0.29) is 17.7 Å². The van der Waals surface area contributed by atoms with Gasteiger partial charge < -0.3 is 10.0 Å². The Bertz CT molecular complexity index is 999. The Hall–Kier alpha value is -2.79. The van der Waals surface area contributed by atoms with Crippen LogP contribution in [-0.2, 0) is 0 Å². The number of aromatic nitrogens is 2. The van der Waals surface area contributed by atoms with Gasteiger partial charge >= 0.3 is 0 Å². The third kappa shape index (κ3) is 2.98. The average molecular weight is 382 g/mol. The van der Waals surface area contributed by atoms with E-state index in [9.17, 15) is 9.90 Å². The minimum Gasteiger partial charge on any atom is -0.507 e. The Balaban J connectivity index is 1.89. The molecule has 2 N–H and O–H groups in total. The van der Waals surface area contributed by atoms with Crippen molar-refractivity contribution in [1.29, 1.82) is 0 Å². The van der Waals surface area contributed by atoms with Crippen molar-refractivity contribution in [3.05, 3.63) is 70.4 Å². The average Bonchev–Trinajstić information content (AvgIpc) is 3.20. The highest BCUT2D eigenvalue weighted by atomic mass is 35.5. The molecule has 0 aliphatic carbocycles. The molecule has 138 valence electrons. The minimum atomic E-state index is -0.286. The number of phenols is 1. The molecule has 0 spiro atoms.